The summed E-state index contributed by atoms with van der Waals surface area (Å²) in [6.45, 7) is 8.11. The summed E-state index contributed by atoms with van der Waals surface area (Å²) in [7, 11) is 0. The Balaban J connectivity index is 1.99. The van der Waals surface area contributed by atoms with Gasteiger partial charge in [0, 0.05) is 6.04 Å². The summed E-state index contributed by atoms with van der Waals surface area (Å²) in [5.74, 6) is 0. The number of nitrogens with one attached hydrogen (secondary N) is 1. The molecule has 1 aromatic carbocycles. The van der Waals surface area contributed by atoms with Gasteiger partial charge in [0.25, 0.3) is 0 Å². The van der Waals surface area contributed by atoms with Crippen molar-refractivity contribution in [2.75, 3.05) is 6.54 Å². The third-order valence-electron chi connectivity index (χ3n) is 4.51. The topological polar surface area (TPSA) is 12.0 Å². The van der Waals surface area contributed by atoms with Crippen LogP contribution in [0.5, 0.6) is 0 Å². The van der Waals surface area contributed by atoms with Gasteiger partial charge in [-0.05, 0) is 48.8 Å². The van der Waals surface area contributed by atoms with E-state index in [9.17, 15) is 0 Å². The number of piperidine rings is 1. The minimum atomic E-state index is 0.307. The summed E-state index contributed by atoms with van der Waals surface area (Å²) < 4.78 is 0. The molecular formula is C17H27N. The molecule has 1 nitrogen and oxygen atoms in total. The van der Waals surface area contributed by atoms with Crippen molar-refractivity contribution in [2.45, 2.75) is 64.3 Å². The van der Waals surface area contributed by atoms with Gasteiger partial charge in [0.2, 0.25) is 0 Å². The van der Waals surface area contributed by atoms with Crippen LogP contribution in [0.1, 0.15) is 57.6 Å². The normalized spacial score (nSPS) is 20.9. The quantitative estimate of drug-likeness (QED) is 0.843. The van der Waals surface area contributed by atoms with Crippen LogP contribution in [-0.4, -0.2) is 12.6 Å². The molecule has 1 heterocycles. The molecule has 1 saturated heterocycles. The highest BCUT2D eigenvalue weighted by Crippen LogP contribution is 2.27. The average Bonchev–Trinajstić information content (AvgIpc) is 2.40. The molecule has 0 bridgehead atoms. The molecule has 0 spiro atoms. The molecule has 0 radical (unpaired) electrons. The lowest BCUT2D eigenvalue weighted by molar-refractivity contribution is 0.399. The van der Waals surface area contributed by atoms with E-state index in [1.54, 1.807) is 0 Å². The van der Waals surface area contributed by atoms with Crippen molar-refractivity contribution in [3.8, 4) is 0 Å². The molecule has 1 unspecified atom stereocenters. The molecular weight excluding hydrogens is 218 g/mol. The average molecular weight is 245 g/mol. The second-order valence-corrected chi connectivity index (χ2v) is 6.29. The van der Waals surface area contributed by atoms with Crippen molar-refractivity contribution < 1.29 is 0 Å². The maximum atomic E-state index is 3.62. The Labute approximate surface area is 112 Å². The van der Waals surface area contributed by atoms with Gasteiger partial charge in [-0.2, -0.15) is 0 Å². The Morgan fingerprint density at radius 3 is 2.44 bits per heavy atom. The van der Waals surface area contributed by atoms with Gasteiger partial charge in [0.1, 0.15) is 0 Å². The third-order valence-corrected chi connectivity index (χ3v) is 4.51. The van der Waals surface area contributed by atoms with Crippen LogP contribution in [0.2, 0.25) is 0 Å². The number of hydrogen-bond acceptors (Lipinski definition) is 1. The summed E-state index contributed by atoms with van der Waals surface area (Å²) in [5.41, 5.74) is 3.25. The molecule has 0 amide bonds. The van der Waals surface area contributed by atoms with E-state index in [0.717, 1.165) is 0 Å². The van der Waals surface area contributed by atoms with Gasteiger partial charge >= 0.3 is 0 Å². The number of benzene rings is 1. The molecule has 0 aromatic heterocycles. The van der Waals surface area contributed by atoms with Crippen LogP contribution in [0.25, 0.3) is 0 Å². The fourth-order valence-corrected chi connectivity index (χ4v) is 2.68. The van der Waals surface area contributed by atoms with E-state index in [0.29, 0.717) is 11.5 Å². The van der Waals surface area contributed by atoms with Crippen LogP contribution in [0, 0.1) is 0 Å². The maximum absolute atomic E-state index is 3.62. The zero-order valence-corrected chi connectivity index (χ0v) is 12.1. The van der Waals surface area contributed by atoms with Gasteiger partial charge in [-0.1, -0.05) is 51.5 Å². The lowest BCUT2D eigenvalue weighted by Crippen LogP contribution is -2.35. The predicted octanol–water partition coefficient (Wildman–Crippen LogP) is 4.06. The second-order valence-electron chi connectivity index (χ2n) is 6.29. The molecule has 0 aliphatic carbocycles. The first-order valence-electron chi connectivity index (χ1n) is 7.44. The smallest absolute Gasteiger partial charge is 0.0107 e. The van der Waals surface area contributed by atoms with Gasteiger partial charge in [0.15, 0.2) is 0 Å². The Kier molecular flexibility index (Phi) is 4.45. The SMILES string of the molecule is CCC(C)(C)c1ccc(CC2CCCCN2)cc1. The minimum absolute atomic E-state index is 0.307. The van der Waals surface area contributed by atoms with Crippen LogP contribution < -0.4 is 5.32 Å². The highest BCUT2D eigenvalue weighted by atomic mass is 14.9. The molecule has 1 aromatic rings. The van der Waals surface area contributed by atoms with Crippen LogP contribution >= 0.6 is 0 Å². The summed E-state index contributed by atoms with van der Waals surface area (Å²) in [5, 5.41) is 3.62. The van der Waals surface area contributed by atoms with E-state index < -0.39 is 0 Å². The van der Waals surface area contributed by atoms with Crippen molar-refractivity contribution in [3.63, 3.8) is 0 Å². The van der Waals surface area contributed by atoms with Gasteiger partial charge in [-0.3, -0.25) is 0 Å². The highest BCUT2D eigenvalue weighted by molar-refractivity contribution is 5.28. The Hall–Kier alpha value is -0.820. The van der Waals surface area contributed by atoms with Crippen LogP contribution in [0.3, 0.4) is 0 Å². The van der Waals surface area contributed by atoms with E-state index >= 15 is 0 Å². The zero-order chi connectivity index (χ0) is 13.0. The first-order chi connectivity index (χ1) is 8.62. The zero-order valence-electron chi connectivity index (χ0n) is 12.1. The fraction of sp³-hybridized carbons (Fsp3) is 0.647. The molecule has 100 valence electrons. The van der Waals surface area contributed by atoms with Gasteiger partial charge in [0.05, 0.1) is 0 Å². The number of rotatable bonds is 4. The van der Waals surface area contributed by atoms with Crippen molar-refractivity contribution >= 4 is 0 Å². The second kappa shape index (κ2) is 5.88. The maximum Gasteiger partial charge on any atom is 0.0107 e. The number of hydrogen-bond donors (Lipinski definition) is 1. The van der Waals surface area contributed by atoms with E-state index in [-0.39, 0.29) is 0 Å². The van der Waals surface area contributed by atoms with E-state index in [1.165, 1.54) is 49.8 Å². The largest absolute Gasteiger partial charge is 0.314 e. The molecule has 1 N–H and O–H groups in total. The van der Waals surface area contributed by atoms with E-state index in [1.807, 2.05) is 0 Å². The molecule has 1 atom stereocenters. The lowest BCUT2D eigenvalue weighted by atomic mass is 9.82. The van der Waals surface area contributed by atoms with Crippen molar-refractivity contribution in [3.05, 3.63) is 35.4 Å². The van der Waals surface area contributed by atoms with Gasteiger partial charge < -0.3 is 5.32 Å². The predicted molar refractivity (Wildman–Crippen MR) is 79.1 cm³/mol. The van der Waals surface area contributed by atoms with Gasteiger partial charge in [-0.15, -0.1) is 0 Å². The van der Waals surface area contributed by atoms with Crippen molar-refractivity contribution in [1.29, 1.82) is 0 Å². The summed E-state index contributed by atoms with van der Waals surface area (Å²) >= 11 is 0. The van der Waals surface area contributed by atoms with E-state index in [2.05, 4.69) is 50.4 Å². The van der Waals surface area contributed by atoms with Crippen LogP contribution in [0.15, 0.2) is 24.3 Å². The monoisotopic (exact) mass is 245 g/mol. The molecule has 2 rings (SSSR count). The molecule has 1 fully saturated rings. The lowest BCUT2D eigenvalue weighted by Gasteiger charge is -2.25. The summed E-state index contributed by atoms with van der Waals surface area (Å²) in [6.07, 6.45) is 6.45. The highest BCUT2D eigenvalue weighted by Gasteiger charge is 2.18. The van der Waals surface area contributed by atoms with Gasteiger partial charge in [-0.25, -0.2) is 0 Å². The molecule has 18 heavy (non-hydrogen) atoms. The first kappa shape index (κ1) is 13.6. The minimum Gasteiger partial charge on any atom is -0.314 e. The van der Waals surface area contributed by atoms with Crippen LogP contribution in [-0.2, 0) is 11.8 Å². The summed E-state index contributed by atoms with van der Waals surface area (Å²) in [4.78, 5) is 0. The molecule has 1 heteroatoms. The Morgan fingerprint density at radius 1 is 1.17 bits per heavy atom. The first-order valence-corrected chi connectivity index (χ1v) is 7.44. The molecule has 1 aliphatic heterocycles. The Bertz CT molecular complexity index is 358. The molecule has 0 saturated carbocycles. The van der Waals surface area contributed by atoms with Crippen LogP contribution in [0.4, 0.5) is 0 Å². The summed E-state index contributed by atoms with van der Waals surface area (Å²) in [6, 6.07) is 9.99. The Morgan fingerprint density at radius 2 is 1.89 bits per heavy atom. The molecule has 1 aliphatic rings. The van der Waals surface area contributed by atoms with Crippen molar-refractivity contribution in [1.82, 2.24) is 5.32 Å². The third kappa shape index (κ3) is 3.35. The fourth-order valence-electron chi connectivity index (χ4n) is 2.68. The van der Waals surface area contributed by atoms with E-state index in [4.69, 9.17) is 0 Å². The standard InChI is InChI=1S/C17H27N/c1-4-17(2,3)15-10-8-14(9-11-15)13-16-7-5-6-12-18-16/h8-11,16,18H,4-7,12-13H2,1-3H3. The van der Waals surface area contributed by atoms with Crippen molar-refractivity contribution in [2.24, 2.45) is 0 Å².